The number of anilines is 1. The molecule has 5 nitrogen and oxygen atoms in total. The second-order valence-electron chi connectivity index (χ2n) is 7.21. The Kier molecular flexibility index (Phi) is 7.07. The maximum Gasteiger partial charge on any atom is 0.329 e. The van der Waals surface area contributed by atoms with Gasteiger partial charge in [-0.05, 0) is 53.4 Å². The molecule has 5 heteroatoms. The van der Waals surface area contributed by atoms with Crippen LogP contribution in [0.25, 0.3) is 10.8 Å². The van der Waals surface area contributed by atoms with Crippen LogP contribution in [0.4, 0.5) is 5.69 Å². The summed E-state index contributed by atoms with van der Waals surface area (Å²) in [5.41, 5.74) is 1.71. The summed E-state index contributed by atoms with van der Waals surface area (Å²) in [6.45, 7) is 3.96. The molecule has 0 fully saturated rings. The Morgan fingerprint density at radius 1 is 1.03 bits per heavy atom. The molecule has 3 aromatic rings. The predicted molar refractivity (Wildman–Crippen MR) is 119 cm³/mol. The van der Waals surface area contributed by atoms with Gasteiger partial charge in [0.25, 0.3) is 0 Å². The number of aldehydes is 1. The molecular formula is C25H27NO4. The van der Waals surface area contributed by atoms with Crippen LogP contribution in [0.1, 0.15) is 25.3 Å². The Balaban J connectivity index is 1.91. The highest BCUT2D eigenvalue weighted by Crippen LogP contribution is 2.30. The first-order valence-corrected chi connectivity index (χ1v) is 10.1. The van der Waals surface area contributed by atoms with E-state index in [4.69, 9.17) is 9.47 Å². The van der Waals surface area contributed by atoms with Crippen LogP contribution >= 0.6 is 0 Å². The Labute approximate surface area is 177 Å². The van der Waals surface area contributed by atoms with Crippen molar-refractivity contribution in [3.63, 3.8) is 0 Å². The molecule has 30 heavy (non-hydrogen) atoms. The summed E-state index contributed by atoms with van der Waals surface area (Å²) in [5.74, 6) is -0.526. The number of rotatable bonds is 9. The molecule has 0 unspecified atom stereocenters. The van der Waals surface area contributed by atoms with Crippen molar-refractivity contribution in [2.75, 3.05) is 19.0 Å². The van der Waals surface area contributed by atoms with E-state index in [1.165, 1.54) is 0 Å². The average Bonchev–Trinajstić information content (AvgIpc) is 2.79. The van der Waals surface area contributed by atoms with Crippen molar-refractivity contribution in [2.24, 2.45) is 5.92 Å². The number of nitrogens with one attached hydrogen (secondary N) is 1. The third-order valence-corrected chi connectivity index (χ3v) is 5.37. The molecular weight excluding hydrogens is 378 g/mol. The molecule has 0 saturated heterocycles. The zero-order valence-corrected chi connectivity index (χ0v) is 17.5. The molecule has 0 aliphatic heterocycles. The van der Waals surface area contributed by atoms with Crippen molar-refractivity contribution in [1.82, 2.24) is 0 Å². The van der Waals surface area contributed by atoms with Gasteiger partial charge in [-0.3, -0.25) is 0 Å². The van der Waals surface area contributed by atoms with Gasteiger partial charge in [0.05, 0.1) is 19.6 Å². The lowest BCUT2D eigenvalue weighted by molar-refractivity contribution is -0.146. The maximum absolute atomic E-state index is 12.8. The average molecular weight is 405 g/mol. The van der Waals surface area contributed by atoms with Gasteiger partial charge in [-0.1, -0.05) is 49.4 Å². The van der Waals surface area contributed by atoms with Gasteiger partial charge in [-0.15, -0.1) is 0 Å². The van der Waals surface area contributed by atoms with Crippen LogP contribution in [0.3, 0.4) is 0 Å². The molecule has 0 amide bonds. The zero-order chi connectivity index (χ0) is 21.5. The first-order chi connectivity index (χ1) is 14.6. The molecule has 0 radical (unpaired) electrons. The molecule has 156 valence electrons. The fraction of sp³-hybridized carbons (Fsp3) is 0.280. The van der Waals surface area contributed by atoms with E-state index in [9.17, 15) is 9.59 Å². The number of carbonyl (C=O) groups is 2. The summed E-state index contributed by atoms with van der Waals surface area (Å²) in [6.07, 6.45) is 0.845. The molecule has 0 aliphatic rings. The summed E-state index contributed by atoms with van der Waals surface area (Å²) in [4.78, 5) is 24.9. The number of esters is 1. The summed E-state index contributed by atoms with van der Waals surface area (Å²) in [5, 5.41) is 5.43. The quantitative estimate of drug-likeness (QED) is 0.409. The second-order valence-corrected chi connectivity index (χ2v) is 7.21. The summed E-state index contributed by atoms with van der Waals surface area (Å²) in [7, 11) is 1.59. The molecule has 0 heterocycles. The molecule has 3 atom stereocenters. The van der Waals surface area contributed by atoms with E-state index in [0.29, 0.717) is 11.4 Å². The smallest absolute Gasteiger partial charge is 0.329 e. The number of hydrogen-bond acceptors (Lipinski definition) is 5. The van der Waals surface area contributed by atoms with Crippen molar-refractivity contribution in [3.8, 4) is 5.75 Å². The summed E-state index contributed by atoms with van der Waals surface area (Å²) in [6, 6.07) is 20.6. The number of benzene rings is 3. The number of hydrogen-bond donors (Lipinski definition) is 1. The van der Waals surface area contributed by atoms with E-state index >= 15 is 0 Å². The number of ether oxygens (including phenoxy) is 2. The number of fused-ring (bicyclic) bond motifs is 1. The van der Waals surface area contributed by atoms with Gasteiger partial charge in [0.2, 0.25) is 0 Å². The minimum Gasteiger partial charge on any atom is -0.497 e. The number of carbonyl (C=O) groups excluding carboxylic acids is 2. The highest BCUT2D eigenvalue weighted by Gasteiger charge is 2.34. The first-order valence-electron chi connectivity index (χ1n) is 10.1. The SMILES string of the molecule is CCOC(=O)[C@@H](Nc1ccc(OC)cc1)[C@H](C=O)[C@@H](C)c1ccc2ccccc2c1. The first kappa shape index (κ1) is 21.4. The van der Waals surface area contributed by atoms with Gasteiger partial charge in [0.15, 0.2) is 0 Å². The Bertz CT molecular complexity index is 999. The lowest BCUT2D eigenvalue weighted by Crippen LogP contribution is -2.41. The van der Waals surface area contributed by atoms with Crippen molar-refractivity contribution in [2.45, 2.75) is 25.8 Å². The zero-order valence-electron chi connectivity index (χ0n) is 17.5. The van der Waals surface area contributed by atoms with E-state index in [0.717, 1.165) is 22.6 Å². The van der Waals surface area contributed by atoms with Gasteiger partial charge in [-0.25, -0.2) is 4.79 Å². The van der Waals surface area contributed by atoms with Gasteiger partial charge >= 0.3 is 5.97 Å². The van der Waals surface area contributed by atoms with E-state index < -0.39 is 17.9 Å². The summed E-state index contributed by atoms with van der Waals surface area (Å²) < 4.78 is 10.5. The van der Waals surface area contributed by atoms with Crippen molar-refractivity contribution < 1.29 is 19.1 Å². The predicted octanol–water partition coefficient (Wildman–Crippen LogP) is 4.81. The monoisotopic (exact) mass is 405 g/mol. The molecule has 3 rings (SSSR count). The Morgan fingerprint density at radius 2 is 1.73 bits per heavy atom. The fourth-order valence-corrected chi connectivity index (χ4v) is 3.61. The van der Waals surface area contributed by atoms with Crippen LogP contribution < -0.4 is 10.1 Å². The maximum atomic E-state index is 12.8. The second kappa shape index (κ2) is 9.92. The van der Waals surface area contributed by atoms with Crippen molar-refractivity contribution in [3.05, 3.63) is 72.3 Å². The highest BCUT2D eigenvalue weighted by atomic mass is 16.5. The standard InChI is InChI=1S/C25H27NO4/c1-4-30-25(28)24(26-21-11-13-22(29-3)14-12-21)23(16-27)17(2)19-10-9-18-7-5-6-8-20(18)15-19/h5-17,23-24,26H,4H2,1-3H3/t17-,23+,24-/m0/s1. The molecule has 3 aromatic carbocycles. The topological polar surface area (TPSA) is 64.6 Å². The lowest BCUT2D eigenvalue weighted by Gasteiger charge is -2.28. The van der Waals surface area contributed by atoms with Crippen LogP contribution in [0.5, 0.6) is 5.75 Å². The van der Waals surface area contributed by atoms with Gasteiger partial charge < -0.3 is 19.6 Å². The molecule has 0 aromatic heterocycles. The van der Waals surface area contributed by atoms with Crippen LogP contribution in [0.15, 0.2) is 66.7 Å². The molecule has 0 saturated carbocycles. The molecule has 0 bridgehead atoms. The highest BCUT2D eigenvalue weighted by molar-refractivity contribution is 5.85. The van der Waals surface area contributed by atoms with Crippen LogP contribution in [-0.4, -0.2) is 32.0 Å². The van der Waals surface area contributed by atoms with E-state index in [2.05, 4.69) is 11.4 Å². The van der Waals surface area contributed by atoms with E-state index in [-0.39, 0.29) is 12.5 Å². The minimum atomic E-state index is -0.808. The van der Waals surface area contributed by atoms with Crippen LogP contribution in [-0.2, 0) is 14.3 Å². The third-order valence-electron chi connectivity index (χ3n) is 5.37. The number of methoxy groups -OCH3 is 1. The Hall–Kier alpha value is -3.34. The normalized spacial score (nSPS) is 13.8. The van der Waals surface area contributed by atoms with Gasteiger partial charge in [0.1, 0.15) is 18.1 Å². The van der Waals surface area contributed by atoms with Gasteiger partial charge in [0, 0.05) is 5.69 Å². The Morgan fingerprint density at radius 3 is 2.37 bits per heavy atom. The van der Waals surface area contributed by atoms with Crippen molar-refractivity contribution >= 4 is 28.7 Å². The van der Waals surface area contributed by atoms with Crippen molar-refractivity contribution in [1.29, 1.82) is 0 Å². The summed E-state index contributed by atoms with van der Waals surface area (Å²) >= 11 is 0. The lowest BCUT2D eigenvalue weighted by atomic mass is 9.82. The molecule has 0 spiro atoms. The van der Waals surface area contributed by atoms with E-state index in [1.54, 1.807) is 26.2 Å². The van der Waals surface area contributed by atoms with Crippen LogP contribution in [0, 0.1) is 5.92 Å². The minimum absolute atomic E-state index is 0.188. The van der Waals surface area contributed by atoms with Gasteiger partial charge in [-0.2, -0.15) is 0 Å². The third kappa shape index (κ3) is 4.79. The molecule has 0 aliphatic carbocycles. The van der Waals surface area contributed by atoms with Crippen LogP contribution in [0.2, 0.25) is 0 Å². The fourth-order valence-electron chi connectivity index (χ4n) is 3.61. The van der Waals surface area contributed by atoms with E-state index in [1.807, 2.05) is 55.5 Å². The molecule has 1 N–H and O–H groups in total. The largest absolute Gasteiger partial charge is 0.497 e.